The largest absolute Gasteiger partial charge is 0.218 e. The zero-order chi connectivity index (χ0) is 16.1. The number of hydrogen-bond donors (Lipinski definition) is 0. The molecular formula is C19H29NO2S. The minimum atomic E-state index is -3.24. The molecule has 2 aliphatic rings. The van der Waals surface area contributed by atoms with Crippen LogP contribution in [0.4, 0.5) is 0 Å². The maximum Gasteiger partial charge on any atom is 0.218 e. The lowest BCUT2D eigenvalue weighted by atomic mass is 9.91. The Hall–Kier alpha value is -0.870. The number of hydrogen-bond acceptors (Lipinski definition) is 2. The number of sulfonamides is 1. The Morgan fingerprint density at radius 3 is 1.74 bits per heavy atom. The molecule has 0 radical (unpaired) electrons. The maximum absolute atomic E-state index is 13.2. The van der Waals surface area contributed by atoms with Crippen LogP contribution >= 0.6 is 0 Å². The average Bonchev–Trinajstić information content (AvgIpc) is 2.57. The number of benzene rings is 1. The van der Waals surface area contributed by atoms with E-state index in [1.807, 2.05) is 34.6 Å². The highest BCUT2D eigenvalue weighted by Gasteiger charge is 2.37. The van der Waals surface area contributed by atoms with Crippen LogP contribution in [-0.2, 0) is 15.8 Å². The molecule has 2 saturated carbocycles. The molecule has 128 valence electrons. The van der Waals surface area contributed by atoms with Gasteiger partial charge in [-0.3, -0.25) is 0 Å². The first-order valence-corrected chi connectivity index (χ1v) is 10.8. The normalized spacial score (nSPS) is 21.6. The molecule has 0 aromatic heterocycles. The molecule has 4 heteroatoms. The Labute approximate surface area is 141 Å². The van der Waals surface area contributed by atoms with Crippen molar-refractivity contribution in [1.29, 1.82) is 0 Å². The van der Waals surface area contributed by atoms with Crippen LogP contribution < -0.4 is 0 Å². The lowest BCUT2D eigenvalue weighted by Crippen LogP contribution is -2.49. The van der Waals surface area contributed by atoms with Gasteiger partial charge in [0.05, 0.1) is 5.75 Å². The first kappa shape index (κ1) is 17.0. The van der Waals surface area contributed by atoms with Crippen LogP contribution in [0.1, 0.15) is 69.8 Å². The zero-order valence-corrected chi connectivity index (χ0v) is 14.8. The van der Waals surface area contributed by atoms with Gasteiger partial charge in [0.1, 0.15) is 0 Å². The quantitative estimate of drug-likeness (QED) is 0.795. The van der Waals surface area contributed by atoms with Gasteiger partial charge in [0.25, 0.3) is 0 Å². The van der Waals surface area contributed by atoms with E-state index in [0.29, 0.717) is 0 Å². The van der Waals surface area contributed by atoms with Gasteiger partial charge in [-0.1, -0.05) is 68.9 Å². The summed E-state index contributed by atoms with van der Waals surface area (Å²) in [4.78, 5) is 0. The van der Waals surface area contributed by atoms with Gasteiger partial charge in [0.2, 0.25) is 10.0 Å². The molecule has 0 saturated heterocycles. The molecule has 0 heterocycles. The van der Waals surface area contributed by atoms with Crippen molar-refractivity contribution in [3.8, 4) is 0 Å². The number of nitrogens with zero attached hydrogens (tertiary/aromatic N) is 1. The van der Waals surface area contributed by atoms with Crippen LogP contribution in [0.5, 0.6) is 0 Å². The fourth-order valence-corrected chi connectivity index (χ4v) is 6.38. The van der Waals surface area contributed by atoms with Gasteiger partial charge in [-0.25, -0.2) is 8.42 Å². The molecule has 0 amide bonds. The third kappa shape index (κ3) is 4.36. The maximum atomic E-state index is 13.2. The average molecular weight is 336 g/mol. The Balaban J connectivity index is 1.83. The minimum Gasteiger partial charge on any atom is -0.212 e. The first-order valence-electron chi connectivity index (χ1n) is 9.22. The molecule has 0 aliphatic heterocycles. The van der Waals surface area contributed by atoms with E-state index in [4.69, 9.17) is 0 Å². The van der Waals surface area contributed by atoms with Crippen molar-refractivity contribution in [2.75, 3.05) is 0 Å². The van der Waals surface area contributed by atoms with Crippen LogP contribution in [0, 0.1) is 0 Å². The van der Waals surface area contributed by atoms with Gasteiger partial charge < -0.3 is 0 Å². The summed E-state index contributed by atoms with van der Waals surface area (Å²) in [5.41, 5.74) is 0.907. The van der Waals surface area contributed by atoms with Crippen LogP contribution in [0.15, 0.2) is 30.3 Å². The molecule has 2 aliphatic carbocycles. The molecular weight excluding hydrogens is 306 g/mol. The van der Waals surface area contributed by atoms with E-state index in [1.165, 1.54) is 38.5 Å². The Morgan fingerprint density at radius 1 is 0.783 bits per heavy atom. The Bertz CT molecular complexity index is 555. The predicted octanol–water partition coefficient (Wildman–Crippen LogP) is 4.48. The number of rotatable bonds is 5. The summed E-state index contributed by atoms with van der Waals surface area (Å²) in [7, 11) is -3.24. The highest BCUT2D eigenvalue weighted by atomic mass is 32.2. The molecule has 0 atom stereocenters. The van der Waals surface area contributed by atoms with Gasteiger partial charge >= 0.3 is 0 Å². The highest BCUT2D eigenvalue weighted by molar-refractivity contribution is 7.88. The van der Waals surface area contributed by atoms with Gasteiger partial charge in [-0.15, -0.1) is 0 Å². The molecule has 0 unspecified atom stereocenters. The molecule has 0 spiro atoms. The third-order valence-electron chi connectivity index (χ3n) is 5.38. The van der Waals surface area contributed by atoms with Crippen molar-refractivity contribution in [3.05, 3.63) is 35.9 Å². The van der Waals surface area contributed by atoms with E-state index in [2.05, 4.69) is 0 Å². The summed E-state index contributed by atoms with van der Waals surface area (Å²) >= 11 is 0. The van der Waals surface area contributed by atoms with E-state index in [-0.39, 0.29) is 17.8 Å². The van der Waals surface area contributed by atoms with E-state index < -0.39 is 10.0 Å². The summed E-state index contributed by atoms with van der Waals surface area (Å²) in [6.45, 7) is 0. The summed E-state index contributed by atoms with van der Waals surface area (Å²) < 4.78 is 28.4. The third-order valence-corrected chi connectivity index (χ3v) is 7.32. The summed E-state index contributed by atoms with van der Waals surface area (Å²) in [5.74, 6) is 0.154. The zero-order valence-electron chi connectivity index (χ0n) is 14.0. The van der Waals surface area contributed by atoms with Crippen LogP contribution in [0.3, 0.4) is 0 Å². The summed E-state index contributed by atoms with van der Waals surface area (Å²) in [6.07, 6.45) is 11.4. The van der Waals surface area contributed by atoms with Crippen molar-refractivity contribution >= 4 is 10.0 Å². The molecule has 2 fully saturated rings. The van der Waals surface area contributed by atoms with E-state index in [9.17, 15) is 8.42 Å². The second-order valence-electron chi connectivity index (χ2n) is 7.16. The van der Waals surface area contributed by atoms with E-state index >= 15 is 0 Å². The van der Waals surface area contributed by atoms with Crippen LogP contribution in [0.2, 0.25) is 0 Å². The van der Waals surface area contributed by atoms with Gasteiger partial charge in [0.15, 0.2) is 0 Å². The standard InChI is InChI=1S/C19H29NO2S/c21-23(22,16-17-10-4-1-5-11-17)20(18-12-6-2-7-13-18)19-14-8-3-9-15-19/h1,4-5,10-11,18-19H,2-3,6-9,12-16H2. The van der Waals surface area contributed by atoms with E-state index in [0.717, 1.165) is 31.2 Å². The summed E-state index contributed by atoms with van der Waals surface area (Å²) in [5, 5.41) is 0. The van der Waals surface area contributed by atoms with Gasteiger partial charge in [0, 0.05) is 12.1 Å². The molecule has 3 rings (SSSR count). The van der Waals surface area contributed by atoms with E-state index in [1.54, 1.807) is 0 Å². The Kier molecular flexibility index (Phi) is 5.76. The van der Waals surface area contributed by atoms with Crippen LogP contribution in [0.25, 0.3) is 0 Å². The topological polar surface area (TPSA) is 37.4 Å². The van der Waals surface area contributed by atoms with Crippen molar-refractivity contribution in [3.63, 3.8) is 0 Å². The molecule has 0 N–H and O–H groups in total. The Morgan fingerprint density at radius 2 is 1.26 bits per heavy atom. The second-order valence-corrected chi connectivity index (χ2v) is 9.03. The van der Waals surface area contributed by atoms with Crippen LogP contribution in [-0.4, -0.2) is 24.8 Å². The molecule has 0 bridgehead atoms. The van der Waals surface area contributed by atoms with Crippen molar-refractivity contribution in [1.82, 2.24) is 4.31 Å². The fourth-order valence-electron chi connectivity index (χ4n) is 4.28. The smallest absolute Gasteiger partial charge is 0.212 e. The molecule has 1 aromatic carbocycles. The fraction of sp³-hybridized carbons (Fsp3) is 0.684. The summed E-state index contributed by atoms with van der Waals surface area (Å²) in [6, 6.07) is 10.1. The first-order chi connectivity index (χ1) is 11.2. The van der Waals surface area contributed by atoms with Crippen molar-refractivity contribution in [2.24, 2.45) is 0 Å². The van der Waals surface area contributed by atoms with Crippen molar-refractivity contribution < 1.29 is 8.42 Å². The SMILES string of the molecule is O=S(=O)(Cc1ccccc1)N(C1CCCCC1)C1CCCCC1. The monoisotopic (exact) mass is 335 g/mol. The lowest BCUT2D eigenvalue weighted by molar-refractivity contribution is 0.169. The van der Waals surface area contributed by atoms with Crippen molar-refractivity contribution in [2.45, 2.75) is 82.0 Å². The second kappa shape index (κ2) is 7.80. The molecule has 23 heavy (non-hydrogen) atoms. The van der Waals surface area contributed by atoms with Gasteiger partial charge in [-0.2, -0.15) is 4.31 Å². The highest BCUT2D eigenvalue weighted by Crippen LogP contribution is 2.33. The van der Waals surface area contributed by atoms with Gasteiger partial charge in [-0.05, 0) is 31.2 Å². The predicted molar refractivity (Wildman–Crippen MR) is 94.7 cm³/mol. The molecule has 1 aromatic rings. The molecule has 3 nitrogen and oxygen atoms in total. The lowest BCUT2D eigenvalue weighted by Gasteiger charge is -2.40. The minimum absolute atomic E-state index is 0.154.